The van der Waals surface area contributed by atoms with E-state index in [-0.39, 0.29) is 6.42 Å². The highest BCUT2D eigenvalue weighted by Crippen LogP contribution is 2.47. The van der Waals surface area contributed by atoms with Gasteiger partial charge in [0.2, 0.25) is 5.78 Å². The molecule has 0 unspecified atom stereocenters. The van der Waals surface area contributed by atoms with Crippen LogP contribution in [0.1, 0.15) is 40.5 Å². The van der Waals surface area contributed by atoms with Gasteiger partial charge in [-0.05, 0) is 30.4 Å². The van der Waals surface area contributed by atoms with Crippen molar-refractivity contribution in [3.63, 3.8) is 0 Å². The number of aliphatic hydroxyl groups is 5. The molecule has 1 aliphatic heterocycles. The zero-order valence-electron chi connectivity index (χ0n) is 16.5. The van der Waals surface area contributed by atoms with Crippen LogP contribution in [0.2, 0.25) is 0 Å². The Hall–Kier alpha value is -1.20. The van der Waals surface area contributed by atoms with Crippen molar-refractivity contribution in [2.75, 3.05) is 6.61 Å². The monoisotopic (exact) mass is 402 g/mol. The summed E-state index contributed by atoms with van der Waals surface area (Å²) in [5.74, 6) is -1.32. The van der Waals surface area contributed by atoms with Crippen molar-refractivity contribution < 1.29 is 44.6 Å². The summed E-state index contributed by atoms with van der Waals surface area (Å²) in [4.78, 5) is 23.2. The second kappa shape index (κ2) is 8.27. The van der Waals surface area contributed by atoms with E-state index in [1.807, 2.05) is 0 Å². The minimum absolute atomic E-state index is 0.0580. The van der Waals surface area contributed by atoms with Gasteiger partial charge in [-0.15, -0.1) is 0 Å². The first-order valence-electron chi connectivity index (χ1n) is 9.26. The first-order valence-corrected chi connectivity index (χ1v) is 9.26. The normalized spacial score (nSPS) is 42.4. The van der Waals surface area contributed by atoms with Crippen molar-refractivity contribution in [3.8, 4) is 0 Å². The molecule has 2 rings (SSSR count). The lowest BCUT2D eigenvalue weighted by atomic mass is 9.64. The maximum Gasteiger partial charge on any atom is 0.221 e. The molecule has 0 aromatic carbocycles. The van der Waals surface area contributed by atoms with Crippen molar-refractivity contribution in [1.82, 2.24) is 0 Å². The molecule has 0 amide bonds. The number of ether oxygens (including phenoxy) is 2. The van der Waals surface area contributed by atoms with Crippen LogP contribution < -0.4 is 0 Å². The summed E-state index contributed by atoms with van der Waals surface area (Å²) in [6, 6.07) is 0. The minimum Gasteiger partial charge on any atom is -0.394 e. The van der Waals surface area contributed by atoms with Crippen LogP contribution >= 0.6 is 0 Å². The maximum absolute atomic E-state index is 11.9. The topological polar surface area (TPSA) is 154 Å². The maximum atomic E-state index is 11.9. The number of hydrogen-bond donors (Lipinski definition) is 5. The van der Waals surface area contributed by atoms with Gasteiger partial charge in [0.05, 0.1) is 18.3 Å². The largest absolute Gasteiger partial charge is 0.394 e. The Morgan fingerprint density at radius 2 is 1.75 bits per heavy atom. The van der Waals surface area contributed by atoms with Crippen LogP contribution in [0.5, 0.6) is 0 Å². The number of Topliss-reactive ketones (excluding diaryl/α,β-unsaturated/α-hetero) is 1. The third kappa shape index (κ3) is 4.68. The van der Waals surface area contributed by atoms with E-state index in [1.54, 1.807) is 13.8 Å². The molecule has 9 nitrogen and oxygen atoms in total. The highest BCUT2D eigenvalue weighted by Gasteiger charge is 2.49. The fourth-order valence-electron chi connectivity index (χ4n) is 4.08. The van der Waals surface area contributed by atoms with E-state index in [1.165, 1.54) is 13.0 Å². The van der Waals surface area contributed by atoms with E-state index in [4.69, 9.17) is 9.47 Å². The van der Waals surface area contributed by atoms with Gasteiger partial charge in [0, 0.05) is 13.3 Å². The predicted octanol–water partition coefficient (Wildman–Crippen LogP) is -1.17. The second-order valence-electron chi connectivity index (χ2n) is 8.50. The van der Waals surface area contributed by atoms with Gasteiger partial charge in [-0.1, -0.05) is 13.8 Å². The lowest BCUT2D eigenvalue weighted by Crippen LogP contribution is -2.60. The van der Waals surface area contributed by atoms with Crippen molar-refractivity contribution in [1.29, 1.82) is 0 Å². The summed E-state index contributed by atoms with van der Waals surface area (Å²) in [5, 5.41) is 50.1. The predicted molar refractivity (Wildman–Crippen MR) is 96.1 cm³/mol. The Balaban J connectivity index is 2.20. The standard InChI is InChI=1S/C19H30O9/c1-9(21)11(22)5-13-18(2,3)6-10(7-19(13,4)26)27-17-16(25)15(24)14(23)12(8-20)28-17/h5,10,12,14-17,20,23-26H,6-8H2,1-4H3/b13-5-/t10-,12-,14-,15+,16-,17-,19+/m1/s1. The summed E-state index contributed by atoms with van der Waals surface area (Å²) in [5.41, 5.74) is -1.74. The molecule has 1 saturated carbocycles. The first-order chi connectivity index (χ1) is 12.8. The number of allylic oxidation sites excluding steroid dienone is 1. The quantitative estimate of drug-likeness (QED) is 0.283. The molecule has 0 aromatic rings. The molecule has 2 aliphatic rings. The molecule has 1 heterocycles. The molecule has 0 radical (unpaired) electrons. The average molecular weight is 402 g/mol. The van der Waals surface area contributed by atoms with Gasteiger partial charge in [0.25, 0.3) is 0 Å². The van der Waals surface area contributed by atoms with Gasteiger partial charge in [-0.25, -0.2) is 0 Å². The summed E-state index contributed by atoms with van der Waals surface area (Å²) in [7, 11) is 0. The van der Waals surface area contributed by atoms with Gasteiger partial charge >= 0.3 is 0 Å². The summed E-state index contributed by atoms with van der Waals surface area (Å²) >= 11 is 0. The molecule has 1 aliphatic carbocycles. The highest BCUT2D eigenvalue weighted by molar-refractivity contribution is 6.40. The molecule has 0 spiro atoms. The van der Waals surface area contributed by atoms with Crippen LogP contribution in [0.3, 0.4) is 0 Å². The van der Waals surface area contributed by atoms with Crippen LogP contribution in [0.15, 0.2) is 11.6 Å². The van der Waals surface area contributed by atoms with Gasteiger partial charge in [-0.2, -0.15) is 0 Å². The van der Waals surface area contributed by atoms with E-state index in [0.29, 0.717) is 12.0 Å². The summed E-state index contributed by atoms with van der Waals surface area (Å²) in [6.07, 6.45) is -6.03. The molecule has 2 fully saturated rings. The van der Waals surface area contributed by atoms with Crippen LogP contribution in [0.4, 0.5) is 0 Å². The molecular weight excluding hydrogens is 372 g/mol. The van der Waals surface area contributed by atoms with E-state index in [0.717, 1.165) is 6.92 Å². The van der Waals surface area contributed by atoms with Crippen molar-refractivity contribution in [2.45, 2.75) is 82.9 Å². The van der Waals surface area contributed by atoms with E-state index >= 15 is 0 Å². The van der Waals surface area contributed by atoms with Gasteiger partial charge in [0.1, 0.15) is 24.4 Å². The third-order valence-electron chi connectivity index (χ3n) is 5.47. The minimum atomic E-state index is -1.56. The van der Waals surface area contributed by atoms with Crippen LogP contribution in [-0.2, 0) is 19.1 Å². The smallest absolute Gasteiger partial charge is 0.221 e. The number of rotatable bonds is 5. The number of carbonyl (C=O) groups excluding carboxylic acids is 2. The van der Waals surface area contributed by atoms with Crippen molar-refractivity contribution in [3.05, 3.63) is 11.6 Å². The molecule has 160 valence electrons. The zero-order valence-corrected chi connectivity index (χ0v) is 16.5. The number of ketones is 2. The van der Waals surface area contributed by atoms with Crippen LogP contribution in [0.25, 0.3) is 0 Å². The van der Waals surface area contributed by atoms with Gasteiger partial charge in [-0.3, -0.25) is 9.59 Å². The molecule has 28 heavy (non-hydrogen) atoms. The Morgan fingerprint density at radius 1 is 1.14 bits per heavy atom. The third-order valence-corrected chi connectivity index (χ3v) is 5.47. The van der Waals surface area contributed by atoms with Gasteiger partial charge < -0.3 is 35.0 Å². The average Bonchev–Trinajstić information content (AvgIpc) is 2.57. The number of hydrogen-bond acceptors (Lipinski definition) is 9. The number of aliphatic hydroxyl groups excluding tert-OH is 4. The fourth-order valence-corrected chi connectivity index (χ4v) is 4.08. The second-order valence-corrected chi connectivity index (χ2v) is 8.50. The molecule has 5 N–H and O–H groups in total. The molecule has 9 heteroatoms. The SMILES string of the molecule is CC(=O)C(=O)/C=C1/C(C)(C)C[C@@H](O[C@@H]2O[C@H](CO)[C@@H](O)[C@H](O)[C@H]2O)C[C@]1(C)O. The molecule has 0 aromatic heterocycles. The Morgan fingerprint density at radius 3 is 2.25 bits per heavy atom. The number of carbonyl (C=O) groups is 2. The Kier molecular flexibility index (Phi) is 6.82. The molecule has 7 atom stereocenters. The van der Waals surface area contributed by atoms with Crippen LogP contribution in [0, 0.1) is 5.41 Å². The van der Waals surface area contributed by atoms with Crippen molar-refractivity contribution >= 4 is 11.6 Å². The molecule has 0 bridgehead atoms. The highest BCUT2D eigenvalue weighted by atomic mass is 16.7. The van der Waals surface area contributed by atoms with E-state index in [2.05, 4.69) is 0 Å². The Bertz CT molecular complexity index is 617. The van der Waals surface area contributed by atoms with Crippen molar-refractivity contribution in [2.24, 2.45) is 5.41 Å². The lowest BCUT2D eigenvalue weighted by Gasteiger charge is -2.48. The fraction of sp³-hybridized carbons (Fsp3) is 0.789. The van der Waals surface area contributed by atoms with Gasteiger partial charge in [0.15, 0.2) is 12.1 Å². The summed E-state index contributed by atoms with van der Waals surface area (Å²) in [6.45, 7) is 5.69. The Labute approximate surface area is 163 Å². The van der Waals surface area contributed by atoms with Crippen LogP contribution in [-0.4, -0.2) is 86.1 Å². The molecule has 1 saturated heterocycles. The van der Waals surface area contributed by atoms with E-state index in [9.17, 15) is 35.1 Å². The van der Waals surface area contributed by atoms with E-state index < -0.39 is 66.0 Å². The zero-order chi connectivity index (χ0) is 21.4. The summed E-state index contributed by atoms with van der Waals surface area (Å²) < 4.78 is 11.1. The molecular formula is C19H30O9. The first kappa shape index (κ1) is 23.1. The lowest BCUT2D eigenvalue weighted by molar-refractivity contribution is -0.316.